The van der Waals surface area contributed by atoms with Gasteiger partial charge in [0.1, 0.15) is 24.2 Å². The Morgan fingerprint density at radius 1 is 1.32 bits per heavy atom. The fourth-order valence-corrected chi connectivity index (χ4v) is 1.78. The molecule has 0 atom stereocenters. The van der Waals surface area contributed by atoms with Crippen molar-refractivity contribution < 1.29 is 18.7 Å². The molecule has 2 rings (SSSR count). The zero-order valence-corrected chi connectivity index (χ0v) is 11.8. The van der Waals surface area contributed by atoms with Crippen molar-refractivity contribution in [3.63, 3.8) is 0 Å². The number of amides is 1. The molecule has 0 unspecified atom stereocenters. The molecule has 0 aromatic heterocycles. The Labute approximate surface area is 126 Å². The smallest absolute Gasteiger partial charge is 0.412 e. The number of nitriles is 1. The Morgan fingerprint density at radius 3 is 2.68 bits per heavy atom. The number of nitrogens with zero attached hydrogens (tertiary/aromatic N) is 1. The van der Waals surface area contributed by atoms with Gasteiger partial charge in [-0.2, -0.15) is 5.26 Å². The second kappa shape index (κ2) is 7.09. The van der Waals surface area contributed by atoms with Gasteiger partial charge in [-0.15, -0.1) is 0 Å². The Hall–Kier alpha value is -3.07. The van der Waals surface area contributed by atoms with Gasteiger partial charge in [-0.05, 0) is 11.6 Å². The Morgan fingerprint density at radius 2 is 2.05 bits per heavy atom. The molecule has 0 spiro atoms. The first-order valence-corrected chi connectivity index (χ1v) is 6.39. The fourth-order valence-electron chi connectivity index (χ4n) is 1.78. The van der Waals surface area contributed by atoms with Crippen LogP contribution >= 0.6 is 0 Å². The molecule has 22 heavy (non-hydrogen) atoms. The van der Waals surface area contributed by atoms with E-state index in [2.05, 4.69) is 5.32 Å². The van der Waals surface area contributed by atoms with Crippen LogP contribution in [0.3, 0.4) is 0 Å². The van der Waals surface area contributed by atoms with Crippen LogP contribution in [0.25, 0.3) is 0 Å². The van der Waals surface area contributed by atoms with Gasteiger partial charge in [0, 0.05) is 6.07 Å². The summed E-state index contributed by atoms with van der Waals surface area (Å²) in [5.74, 6) is -0.615. The van der Waals surface area contributed by atoms with Crippen molar-refractivity contribution in [3.05, 3.63) is 59.4 Å². The summed E-state index contributed by atoms with van der Waals surface area (Å²) in [4.78, 5) is 11.8. The van der Waals surface area contributed by atoms with Gasteiger partial charge in [-0.1, -0.05) is 30.3 Å². The Kier molecular flexibility index (Phi) is 4.94. The Balaban J connectivity index is 2.06. The highest BCUT2D eigenvalue weighted by molar-refractivity contribution is 5.87. The summed E-state index contributed by atoms with van der Waals surface area (Å²) < 4.78 is 23.5. The molecule has 0 saturated carbocycles. The van der Waals surface area contributed by atoms with Gasteiger partial charge in [0.25, 0.3) is 0 Å². The van der Waals surface area contributed by atoms with E-state index in [0.29, 0.717) is 0 Å². The molecule has 0 fully saturated rings. The quantitative estimate of drug-likeness (QED) is 0.938. The van der Waals surface area contributed by atoms with Crippen molar-refractivity contribution in [1.29, 1.82) is 5.26 Å². The van der Waals surface area contributed by atoms with E-state index in [4.69, 9.17) is 14.7 Å². The molecule has 2 aromatic carbocycles. The maximum Gasteiger partial charge on any atom is 0.412 e. The number of anilines is 1. The SMILES string of the molecule is COc1cc(F)c(C#N)cc1NC(=O)OCc1ccccc1. The summed E-state index contributed by atoms with van der Waals surface area (Å²) in [5.41, 5.74) is 0.805. The van der Waals surface area contributed by atoms with Crippen LogP contribution in [0.1, 0.15) is 11.1 Å². The lowest BCUT2D eigenvalue weighted by atomic mass is 10.2. The van der Waals surface area contributed by atoms with E-state index < -0.39 is 11.9 Å². The largest absolute Gasteiger partial charge is 0.494 e. The molecule has 1 amide bonds. The number of ether oxygens (including phenoxy) is 2. The van der Waals surface area contributed by atoms with E-state index >= 15 is 0 Å². The number of halogens is 1. The van der Waals surface area contributed by atoms with Crippen LogP contribution in [-0.4, -0.2) is 13.2 Å². The lowest BCUT2D eigenvalue weighted by Gasteiger charge is -2.11. The lowest BCUT2D eigenvalue weighted by Crippen LogP contribution is -2.14. The summed E-state index contributed by atoms with van der Waals surface area (Å²) in [6.45, 7) is 0.0985. The average Bonchev–Trinajstić information content (AvgIpc) is 2.55. The van der Waals surface area contributed by atoms with Gasteiger partial charge >= 0.3 is 6.09 Å². The summed E-state index contributed by atoms with van der Waals surface area (Å²) in [6.07, 6.45) is -0.724. The highest BCUT2D eigenvalue weighted by Crippen LogP contribution is 2.27. The number of rotatable bonds is 4. The molecule has 112 valence electrons. The molecule has 0 radical (unpaired) electrons. The van der Waals surface area contributed by atoms with Crippen LogP contribution < -0.4 is 10.1 Å². The van der Waals surface area contributed by atoms with Crippen molar-refractivity contribution in [2.75, 3.05) is 12.4 Å². The van der Waals surface area contributed by atoms with Gasteiger partial charge in [-0.3, -0.25) is 5.32 Å². The minimum atomic E-state index is -0.724. The summed E-state index contributed by atoms with van der Waals surface area (Å²) in [6, 6.07) is 13.1. The maximum atomic E-state index is 13.5. The topological polar surface area (TPSA) is 71.3 Å². The van der Waals surface area contributed by atoms with Crippen LogP contribution in [0.15, 0.2) is 42.5 Å². The van der Waals surface area contributed by atoms with Crippen molar-refractivity contribution in [2.45, 2.75) is 6.61 Å². The zero-order valence-electron chi connectivity index (χ0n) is 11.8. The van der Waals surface area contributed by atoms with E-state index in [1.807, 2.05) is 30.3 Å². The predicted molar refractivity (Wildman–Crippen MR) is 77.9 cm³/mol. The van der Waals surface area contributed by atoms with E-state index in [9.17, 15) is 9.18 Å². The molecular formula is C16H13FN2O3. The van der Waals surface area contributed by atoms with Crippen LogP contribution in [0.4, 0.5) is 14.9 Å². The standard InChI is InChI=1S/C16H13FN2O3/c1-21-15-8-13(17)12(9-18)7-14(15)19-16(20)22-10-11-5-3-2-4-6-11/h2-8H,10H2,1H3,(H,19,20). The van der Waals surface area contributed by atoms with Crippen molar-refractivity contribution in [2.24, 2.45) is 0 Å². The number of nitrogens with one attached hydrogen (secondary N) is 1. The molecule has 0 aliphatic rings. The average molecular weight is 300 g/mol. The van der Waals surface area contributed by atoms with Gasteiger partial charge in [0.2, 0.25) is 0 Å². The van der Waals surface area contributed by atoms with Gasteiger partial charge in [-0.25, -0.2) is 9.18 Å². The third-order valence-corrected chi connectivity index (χ3v) is 2.86. The predicted octanol–water partition coefficient (Wildman–Crippen LogP) is 3.45. The number of benzene rings is 2. The van der Waals surface area contributed by atoms with Crippen LogP contribution in [0.5, 0.6) is 5.75 Å². The molecule has 0 aliphatic heterocycles. The first-order chi connectivity index (χ1) is 10.6. The second-order valence-corrected chi connectivity index (χ2v) is 4.33. The number of hydrogen-bond donors (Lipinski definition) is 1. The van der Waals surface area contributed by atoms with Crippen molar-refractivity contribution >= 4 is 11.8 Å². The van der Waals surface area contributed by atoms with Crippen LogP contribution in [0, 0.1) is 17.1 Å². The summed E-state index contributed by atoms with van der Waals surface area (Å²) in [7, 11) is 1.33. The van der Waals surface area contributed by atoms with Crippen molar-refractivity contribution in [3.8, 4) is 11.8 Å². The van der Waals surface area contributed by atoms with E-state index in [-0.39, 0.29) is 23.6 Å². The zero-order chi connectivity index (χ0) is 15.9. The fraction of sp³-hybridized carbons (Fsp3) is 0.125. The molecule has 6 heteroatoms. The van der Waals surface area contributed by atoms with Crippen LogP contribution in [0.2, 0.25) is 0 Å². The highest BCUT2D eigenvalue weighted by atomic mass is 19.1. The molecule has 0 heterocycles. The lowest BCUT2D eigenvalue weighted by molar-refractivity contribution is 0.155. The number of carbonyl (C=O) groups is 1. The molecule has 0 bridgehead atoms. The first-order valence-electron chi connectivity index (χ1n) is 6.39. The van der Waals surface area contributed by atoms with Crippen LogP contribution in [-0.2, 0) is 11.3 Å². The van der Waals surface area contributed by atoms with Gasteiger partial charge in [0.05, 0.1) is 18.4 Å². The van der Waals surface area contributed by atoms with E-state index in [1.54, 1.807) is 6.07 Å². The monoisotopic (exact) mass is 300 g/mol. The summed E-state index contributed by atoms with van der Waals surface area (Å²) in [5, 5.41) is 11.2. The normalized spacial score (nSPS) is 9.68. The first kappa shape index (κ1) is 15.3. The maximum absolute atomic E-state index is 13.5. The molecule has 0 aliphatic carbocycles. The van der Waals surface area contributed by atoms with Gasteiger partial charge < -0.3 is 9.47 Å². The molecule has 5 nitrogen and oxygen atoms in total. The van der Waals surface area contributed by atoms with Gasteiger partial charge in [0.15, 0.2) is 0 Å². The molecule has 1 N–H and O–H groups in total. The number of carbonyl (C=O) groups excluding carboxylic acids is 1. The van der Waals surface area contributed by atoms with E-state index in [0.717, 1.165) is 11.6 Å². The van der Waals surface area contributed by atoms with Crippen molar-refractivity contribution in [1.82, 2.24) is 0 Å². The Bertz CT molecular complexity index is 711. The molecule has 2 aromatic rings. The second-order valence-electron chi connectivity index (χ2n) is 4.33. The molecular weight excluding hydrogens is 287 g/mol. The summed E-state index contributed by atoms with van der Waals surface area (Å²) >= 11 is 0. The number of hydrogen-bond acceptors (Lipinski definition) is 4. The van der Waals surface area contributed by atoms with E-state index in [1.165, 1.54) is 13.2 Å². The minimum absolute atomic E-state index is 0.0985. The minimum Gasteiger partial charge on any atom is -0.494 e. The third kappa shape index (κ3) is 3.73. The highest BCUT2D eigenvalue weighted by Gasteiger charge is 2.13. The number of methoxy groups -OCH3 is 1. The third-order valence-electron chi connectivity index (χ3n) is 2.86. The molecule has 0 saturated heterocycles.